The van der Waals surface area contributed by atoms with E-state index in [1.807, 2.05) is 62.3 Å². The van der Waals surface area contributed by atoms with Gasteiger partial charge in [-0.25, -0.2) is 9.97 Å². The van der Waals surface area contributed by atoms with Gasteiger partial charge in [0.1, 0.15) is 5.82 Å². The third kappa shape index (κ3) is 7.15. The summed E-state index contributed by atoms with van der Waals surface area (Å²) in [5.74, 6) is 0.929. The van der Waals surface area contributed by atoms with E-state index in [0.717, 1.165) is 49.1 Å². The molecule has 5 rings (SSSR count). The van der Waals surface area contributed by atoms with Crippen molar-refractivity contribution in [1.82, 2.24) is 19.8 Å². The summed E-state index contributed by atoms with van der Waals surface area (Å²) in [4.78, 5) is 16.0. The summed E-state index contributed by atoms with van der Waals surface area (Å²) < 4.78 is 42.4. The van der Waals surface area contributed by atoms with Gasteiger partial charge in [0.25, 0.3) is 0 Å². The highest BCUT2D eigenvalue weighted by Gasteiger charge is 2.32. The number of para-hydroxylation sites is 1. The maximum Gasteiger partial charge on any atom is 0.416 e. The van der Waals surface area contributed by atoms with Crippen molar-refractivity contribution in [3.05, 3.63) is 83.4 Å². The van der Waals surface area contributed by atoms with Crippen LogP contribution in [0, 0.1) is 6.92 Å². The Kier molecular flexibility index (Phi) is 8.75. The molecule has 9 heteroatoms. The van der Waals surface area contributed by atoms with Crippen LogP contribution in [-0.4, -0.2) is 73.1 Å². The van der Waals surface area contributed by atoms with Gasteiger partial charge in [0.15, 0.2) is 5.82 Å². The van der Waals surface area contributed by atoms with E-state index >= 15 is 0 Å². The standard InChI is InChI=1S/C32H37F3N6/c1-23-9-7-12-28-29(23)37-30(38-31(28)36-13-8-14-39(2)3)25-19-26(32(33,34)35)21-27(20-25)41-17-15-40(16-18-41)22-24-10-5-4-6-11-24/h4-7,9-12,19-21H,8,13-18,22H2,1-3H3,(H,36,37,38). The molecule has 1 aliphatic rings. The van der Waals surface area contributed by atoms with Gasteiger partial charge >= 0.3 is 6.18 Å². The molecule has 41 heavy (non-hydrogen) atoms. The predicted molar refractivity (Wildman–Crippen MR) is 160 cm³/mol. The number of aromatic nitrogens is 2. The number of nitrogens with one attached hydrogen (secondary N) is 1. The first-order valence-electron chi connectivity index (χ1n) is 14.1. The van der Waals surface area contributed by atoms with Crippen LogP contribution in [0.2, 0.25) is 0 Å². The van der Waals surface area contributed by atoms with Crippen LogP contribution in [0.4, 0.5) is 24.7 Å². The summed E-state index contributed by atoms with van der Waals surface area (Å²) in [5, 5.41) is 4.27. The van der Waals surface area contributed by atoms with Crippen LogP contribution in [-0.2, 0) is 12.7 Å². The highest BCUT2D eigenvalue weighted by Crippen LogP contribution is 2.36. The average Bonchev–Trinajstić information content (AvgIpc) is 2.96. The van der Waals surface area contributed by atoms with Crippen molar-refractivity contribution in [1.29, 1.82) is 0 Å². The first-order valence-corrected chi connectivity index (χ1v) is 14.1. The number of halogens is 3. The first kappa shape index (κ1) is 28.8. The lowest BCUT2D eigenvalue weighted by Crippen LogP contribution is -2.46. The van der Waals surface area contributed by atoms with Crippen molar-refractivity contribution in [2.45, 2.75) is 26.1 Å². The third-order valence-corrected chi connectivity index (χ3v) is 7.49. The lowest BCUT2D eigenvalue weighted by Gasteiger charge is -2.36. The van der Waals surface area contributed by atoms with Crippen molar-refractivity contribution in [3.63, 3.8) is 0 Å². The van der Waals surface area contributed by atoms with E-state index in [4.69, 9.17) is 9.97 Å². The molecule has 6 nitrogen and oxygen atoms in total. The fraction of sp³-hybridized carbons (Fsp3) is 0.375. The second kappa shape index (κ2) is 12.4. The smallest absolute Gasteiger partial charge is 0.369 e. The molecule has 0 amide bonds. The zero-order valence-corrected chi connectivity index (χ0v) is 23.9. The molecular weight excluding hydrogens is 525 g/mol. The van der Waals surface area contributed by atoms with Crippen LogP contribution < -0.4 is 10.2 Å². The number of alkyl halides is 3. The van der Waals surface area contributed by atoms with E-state index in [-0.39, 0.29) is 5.82 Å². The Morgan fingerprint density at radius 3 is 2.37 bits per heavy atom. The van der Waals surface area contributed by atoms with E-state index in [2.05, 4.69) is 27.2 Å². The Morgan fingerprint density at radius 2 is 1.66 bits per heavy atom. The van der Waals surface area contributed by atoms with Crippen molar-refractivity contribution in [2.75, 3.05) is 63.6 Å². The van der Waals surface area contributed by atoms with Crippen LogP contribution >= 0.6 is 0 Å². The second-order valence-electron chi connectivity index (χ2n) is 11.0. The van der Waals surface area contributed by atoms with E-state index in [1.54, 1.807) is 6.07 Å². The Morgan fingerprint density at radius 1 is 0.902 bits per heavy atom. The number of anilines is 2. The Hall–Kier alpha value is -3.69. The van der Waals surface area contributed by atoms with Crippen LogP contribution in [0.25, 0.3) is 22.3 Å². The highest BCUT2D eigenvalue weighted by molar-refractivity contribution is 5.92. The van der Waals surface area contributed by atoms with Gasteiger partial charge in [0.05, 0.1) is 11.1 Å². The van der Waals surface area contributed by atoms with Gasteiger partial charge < -0.3 is 15.1 Å². The number of hydrogen-bond acceptors (Lipinski definition) is 6. The van der Waals surface area contributed by atoms with Gasteiger partial charge in [0.2, 0.25) is 0 Å². The summed E-state index contributed by atoms with van der Waals surface area (Å²) in [6, 6.07) is 20.3. The van der Waals surface area contributed by atoms with Crippen molar-refractivity contribution in [2.24, 2.45) is 0 Å². The highest BCUT2D eigenvalue weighted by atomic mass is 19.4. The topological polar surface area (TPSA) is 47.5 Å². The maximum absolute atomic E-state index is 14.1. The first-order chi connectivity index (χ1) is 19.7. The van der Waals surface area contributed by atoms with Crippen molar-refractivity contribution >= 4 is 22.4 Å². The molecule has 2 heterocycles. The van der Waals surface area contributed by atoms with E-state index in [1.165, 1.54) is 17.7 Å². The second-order valence-corrected chi connectivity index (χ2v) is 11.0. The average molecular weight is 563 g/mol. The summed E-state index contributed by atoms with van der Waals surface area (Å²) in [6.45, 7) is 7.23. The lowest BCUT2D eigenvalue weighted by molar-refractivity contribution is -0.137. The zero-order chi connectivity index (χ0) is 29.0. The fourth-order valence-electron chi connectivity index (χ4n) is 5.25. The molecule has 0 radical (unpaired) electrons. The molecule has 1 N–H and O–H groups in total. The normalized spacial score (nSPS) is 14.7. The SMILES string of the molecule is Cc1cccc2c(NCCCN(C)C)nc(-c3cc(N4CCN(Cc5ccccc5)CC4)cc(C(F)(F)F)c3)nc12. The maximum atomic E-state index is 14.1. The minimum absolute atomic E-state index is 0.289. The van der Waals surface area contributed by atoms with Gasteiger partial charge in [0, 0.05) is 55.9 Å². The molecule has 1 aliphatic heterocycles. The molecule has 1 aromatic heterocycles. The molecule has 1 saturated heterocycles. The summed E-state index contributed by atoms with van der Waals surface area (Å²) in [5.41, 5.74) is 3.14. The zero-order valence-electron chi connectivity index (χ0n) is 23.9. The Balaban J connectivity index is 1.45. The van der Waals surface area contributed by atoms with E-state index in [9.17, 15) is 13.2 Å². The number of piperazine rings is 1. The van der Waals surface area contributed by atoms with Crippen LogP contribution in [0.15, 0.2) is 66.7 Å². The molecule has 0 aliphatic carbocycles. The Bertz CT molecular complexity index is 1460. The summed E-state index contributed by atoms with van der Waals surface area (Å²) in [7, 11) is 4.05. The number of nitrogens with zero attached hydrogens (tertiary/aromatic N) is 5. The molecule has 3 aromatic carbocycles. The quantitative estimate of drug-likeness (QED) is 0.241. The largest absolute Gasteiger partial charge is 0.416 e. The van der Waals surface area contributed by atoms with Gasteiger partial charge in [-0.2, -0.15) is 13.2 Å². The molecule has 0 spiro atoms. The molecule has 0 unspecified atom stereocenters. The minimum atomic E-state index is -4.49. The molecule has 1 fully saturated rings. The molecular formula is C32H37F3N6. The molecule has 0 bridgehead atoms. The van der Waals surface area contributed by atoms with Crippen LogP contribution in [0.1, 0.15) is 23.1 Å². The number of aryl methyl sites for hydroxylation is 1. The van der Waals surface area contributed by atoms with Gasteiger partial charge in [-0.1, -0.05) is 42.5 Å². The van der Waals surface area contributed by atoms with Crippen LogP contribution in [0.3, 0.4) is 0 Å². The van der Waals surface area contributed by atoms with Crippen LogP contribution in [0.5, 0.6) is 0 Å². The number of hydrogen-bond donors (Lipinski definition) is 1. The van der Waals surface area contributed by atoms with Gasteiger partial charge in [-0.15, -0.1) is 0 Å². The summed E-state index contributed by atoms with van der Waals surface area (Å²) >= 11 is 0. The molecule has 0 saturated carbocycles. The van der Waals surface area contributed by atoms with Crippen molar-refractivity contribution < 1.29 is 13.2 Å². The van der Waals surface area contributed by atoms with E-state index in [0.29, 0.717) is 36.7 Å². The lowest BCUT2D eigenvalue weighted by atomic mass is 10.1. The predicted octanol–water partition coefficient (Wildman–Crippen LogP) is 6.31. The van der Waals surface area contributed by atoms with Gasteiger partial charge in [-0.3, -0.25) is 4.90 Å². The Labute approximate surface area is 239 Å². The van der Waals surface area contributed by atoms with Gasteiger partial charge in [-0.05, 0) is 69.4 Å². The van der Waals surface area contributed by atoms with Crippen molar-refractivity contribution in [3.8, 4) is 11.4 Å². The molecule has 4 aromatic rings. The van der Waals surface area contributed by atoms with E-state index < -0.39 is 11.7 Å². The number of fused-ring (bicyclic) bond motifs is 1. The summed E-state index contributed by atoms with van der Waals surface area (Å²) in [6.07, 6.45) is -3.58. The number of benzene rings is 3. The minimum Gasteiger partial charge on any atom is -0.369 e. The fourth-order valence-corrected chi connectivity index (χ4v) is 5.25. The molecule has 216 valence electrons. The number of rotatable bonds is 9. The third-order valence-electron chi connectivity index (χ3n) is 7.49. The molecule has 0 atom stereocenters. The monoisotopic (exact) mass is 562 g/mol.